The lowest BCUT2D eigenvalue weighted by Gasteiger charge is -2.09. The quantitative estimate of drug-likeness (QED) is 0.583. The zero-order valence-electron chi connectivity index (χ0n) is 10.1. The highest BCUT2D eigenvalue weighted by molar-refractivity contribution is 6.70. The van der Waals surface area contributed by atoms with Crippen LogP contribution in [-0.2, 0) is 8.23 Å². The summed E-state index contributed by atoms with van der Waals surface area (Å²) in [5, 5.41) is 2.49. The largest absolute Gasteiger partial charge is 0.431 e. The Morgan fingerprint density at radius 2 is 1.50 bits per heavy atom. The molecule has 2 rings (SSSR count). The molecule has 5 heteroatoms. The van der Waals surface area contributed by atoms with Crippen molar-refractivity contribution in [2.24, 2.45) is 0 Å². The first kappa shape index (κ1) is 13.4. The molecule has 0 atom stereocenters. The van der Waals surface area contributed by atoms with Crippen LogP contribution in [0.15, 0.2) is 60.7 Å². The Labute approximate surface area is 115 Å². The second-order valence-electron chi connectivity index (χ2n) is 3.68. The van der Waals surface area contributed by atoms with E-state index < -0.39 is 9.04 Å². The lowest BCUT2D eigenvalue weighted by molar-refractivity contribution is 0.493. The van der Waals surface area contributed by atoms with Gasteiger partial charge in [0.25, 0.3) is 9.76 Å². The minimum Gasteiger partial charge on any atom is -0.431 e. The van der Waals surface area contributed by atoms with E-state index in [4.69, 9.17) is 8.23 Å². The Kier molecular flexibility index (Phi) is 5.56. The number of rotatable bonds is 6. The van der Waals surface area contributed by atoms with Crippen molar-refractivity contribution in [3.63, 3.8) is 0 Å². The zero-order valence-corrected chi connectivity index (χ0v) is 13.1. The van der Waals surface area contributed by atoms with Crippen LogP contribution >= 0.6 is 0 Å². The SMILES string of the molecule is C[Si](O[Si]O[Si]c1ccccc1)c1ccccc1. The maximum atomic E-state index is 5.76. The molecular formula is C13H13O2Si3. The van der Waals surface area contributed by atoms with Gasteiger partial charge in [-0.3, -0.25) is 0 Å². The monoisotopic (exact) mass is 285 g/mol. The van der Waals surface area contributed by atoms with E-state index in [0.717, 1.165) is 0 Å². The summed E-state index contributed by atoms with van der Waals surface area (Å²) in [4.78, 5) is 0. The van der Waals surface area contributed by atoms with Gasteiger partial charge in [-0.15, -0.1) is 0 Å². The van der Waals surface area contributed by atoms with Gasteiger partial charge in [0.05, 0.1) is 0 Å². The van der Waals surface area contributed by atoms with E-state index in [1.54, 1.807) is 0 Å². The second kappa shape index (κ2) is 7.45. The molecule has 0 bridgehead atoms. The Balaban J connectivity index is 1.70. The fourth-order valence-electron chi connectivity index (χ4n) is 1.40. The summed E-state index contributed by atoms with van der Waals surface area (Å²) in [6.07, 6.45) is 0. The third kappa shape index (κ3) is 4.36. The predicted octanol–water partition coefficient (Wildman–Crippen LogP) is 1.03. The van der Waals surface area contributed by atoms with Gasteiger partial charge in [-0.2, -0.15) is 0 Å². The van der Waals surface area contributed by atoms with E-state index in [1.165, 1.54) is 10.4 Å². The van der Waals surface area contributed by atoms with E-state index in [0.29, 0.717) is 9.76 Å². The van der Waals surface area contributed by atoms with Crippen LogP contribution in [0.4, 0.5) is 0 Å². The van der Waals surface area contributed by atoms with Gasteiger partial charge in [0.2, 0.25) is 9.04 Å². The highest BCUT2D eigenvalue weighted by Gasteiger charge is 2.10. The summed E-state index contributed by atoms with van der Waals surface area (Å²) in [6, 6.07) is 20.5. The summed E-state index contributed by atoms with van der Waals surface area (Å²) in [7, 11) is -0.443. The highest BCUT2D eigenvalue weighted by atomic mass is 28.4. The summed E-state index contributed by atoms with van der Waals surface area (Å²) < 4.78 is 11.3. The lowest BCUT2D eigenvalue weighted by atomic mass is 10.4. The molecule has 0 aliphatic carbocycles. The first-order chi connectivity index (χ1) is 8.86. The van der Waals surface area contributed by atoms with Gasteiger partial charge in [-0.1, -0.05) is 60.7 Å². The number of hydrogen-bond donors (Lipinski definition) is 0. The molecule has 18 heavy (non-hydrogen) atoms. The van der Waals surface area contributed by atoms with Crippen LogP contribution in [0.3, 0.4) is 0 Å². The maximum absolute atomic E-state index is 5.76. The Morgan fingerprint density at radius 1 is 0.889 bits per heavy atom. The molecule has 5 radical (unpaired) electrons. The molecule has 0 aromatic heterocycles. The van der Waals surface area contributed by atoms with Crippen LogP contribution in [0.2, 0.25) is 6.55 Å². The molecule has 0 unspecified atom stereocenters. The molecule has 0 saturated carbocycles. The third-order valence-corrected chi connectivity index (χ3v) is 6.37. The summed E-state index contributed by atoms with van der Waals surface area (Å²) in [6.45, 7) is 2.14. The molecule has 2 aromatic carbocycles. The average Bonchev–Trinajstić information content (AvgIpc) is 2.45. The first-order valence-electron chi connectivity index (χ1n) is 5.64. The molecule has 0 heterocycles. The van der Waals surface area contributed by atoms with Gasteiger partial charge in [-0.05, 0) is 16.9 Å². The zero-order chi connectivity index (χ0) is 12.6. The Morgan fingerprint density at radius 3 is 2.17 bits per heavy atom. The van der Waals surface area contributed by atoms with Crippen LogP contribution in [-0.4, -0.2) is 28.8 Å². The van der Waals surface area contributed by atoms with Gasteiger partial charge in [0.1, 0.15) is 0 Å². The predicted molar refractivity (Wildman–Crippen MR) is 77.4 cm³/mol. The topological polar surface area (TPSA) is 18.5 Å². The molecule has 0 amide bonds. The smallest absolute Gasteiger partial charge is 0.410 e. The van der Waals surface area contributed by atoms with Gasteiger partial charge in [0, 0.05) is 0 Å². The third-order valence-electron chi connectivity index (χ3n) is 2.36. The molecular weight excluding hydrogens is 272 g/mol. The summed E-state index contributed by atoms with van der Waals surface area (Å²) >= 11 is 0. The van der Waals surface area contributed by atoms with Crippen LogP contribution in [0, 0.1) is 0 Å². The summed E-state index contributed by atoms with van der Waals surface area (Å²) in [5.74, 6) is 0. The van der Waals surface area contributed by atoms with Crippen LogP contribution in [0.1, 0.15) is 0 Å². The van der Waals surface area contributed by atoms with E-state index in [1.807, 2.05) is 36.4 Å². The Bertz CT molecular complexity index is 450. The molecule has 0 saturated heterocycles. The molecule has 0 aliphatic rings. The lowest BCUT2D eigenvalue weighted by Crippen LogP contribution is -2.33. The molecule has 89 valence electrons. The van der Waals surface area contributed by atoms with Crippen LogP contribution in [0.5, 0.6) is 0 Å². The molecule has 0 spiro atoms. The first-order valence-corrected chi connectivity index (χ1v) is 9.27. The van der Waals surface area contributed by atoms with Crippen molar-refractivity contribution in [1.29, 1.82) is 0 Å². The minimum absolute atomic E-state index is 0.121. The normalized spacial score (nSPS) is 10.8. The molecule has 0 N–H and O–H groups in total. The second-order valence-corrected chi connectivity index (χ2v) is 7.95. The molecule has 0 aliphatic heterocycles. The van der Waals surface area contributed by atoms with E-state index >= 15 is 0 Å². The van der Waals surface area contributed by atoms with Crippen molar-refractivity contribution in [3.05, 3.63) is 60.7 Å². The fraction of sp³-hybridized carbons (Fsp3) is 0.0769. The number of hydrogen-bond acceptors (Lipinski definition) is 2. The van der Waals surface area contributed by atoms with Gasteiger partial charge in [-0.25, -0.2) is 0 Å². The van der Waals surface area contributed by atoms with Crippen molar-refractivity contribution in [1.82, 2.24) is 0 Å². The maximum Gasteiger partial charge on any atom is 0.410 e. The molecule has 0 fully saturated rings. The average molecular weight is 286 g/mol. The number of benzene rings is 2. The van der Waals surface area contributed by atoms with E-state index in [9.17, 15) is 0 Å². The molecule has 2 aromatic rings. The van der Waals surface area contributed by atoms with Crippen LogP contribution < -0.4 is 10.4 Å². The summed E-state index contributed by atoms with van der Waals surface area (Å²) in [5.41, 5.74) is 0. The van der Waals surface area contributed by atoms with Gasteiger partial charge >= 0.3 is 10.0 Å². The Hall–Kier alpha value is -0.989. The van der Waals surface area contributed by atoms with E-state index in [2.05, 4.69) is 30.8 Å². The van der Waals surface area contributed by atoms with Crippen molar-refractivity contribution >= 4 is 39.2 Å². The standard InChI is InChI=1S/C13H13O2Si3/c1-18(13-10-6-3-7-11-13)15-17-14-16-12-8-4-2-5-9-12/h2-11H,1H3. The highest BCUT2D eigenvalue weighted by Crippen LogP contribution is 1.90. The van der Waals surface area contributed by atoms with Crippen molar-refractivity contribution in [2.45, 2.75) is 6.55 Å². The van der Waals surface area contributed by atoms with Gasteiger partial charge in [0.15, 0.2) is 0 Å². The fourth-order valence-corrected chi connectivity index (χ4v) is 4.54. The van der Waals surface area contributed by atoms with Crippen molar-refractivity contribution < 1.29 is 8.23 Å². The van der Waals surface area contributed by atoms with Crippen molar-refractivity contribution in [3.8, 4) is 0 Å². The minimum atomic E-state index is -0.929. The van der Waals surface area contributed by atoms with E-state index in [-0.39, 0.29) is 10.0 Å². The van der Waals surface area contributed by atoms with Crippen molar-refractivity contribution in [2.75, 3.05) is 0 Å². The van der Waals surface area contributed by atoms with Gasteiger partial charge < -0.3 is 8.23 Å². The van der Waals surface area contributed by atoms with Crippen LogP contribution in [0.25, 0.3) is 0 Å². The molecule has 2 nitrogen and oxygen atoms in total.